The lowest BCUT2D eigenvalue weighted by atomic mass is 10.1. The van der Waals surface area contributed by atoms with Crippen LogP contribution < -0.4 is 4.90 Å². The van der Waals surface area contributed by atoms with Gasteiger partial charge in [-0.1, -0.05) is 13.3 Å². The zero-order chi connectivity index (χ0) is 22.3. The van der Waals surface area contributed by atoms with Crippen LogP contribution in [0.4, 0.5) is 14.5 Å². The summed E-state index contributed by atoms with van der Waals surface area (Å²) < 4.78 is 26.7. The molecule has 6 nitrogen and oxygen atoms in total. The molecule has 1 N–H and O–H groups in total. The predicted octanol–water partition coefficient (Wildman–Crippen LogP) is 4.57. The number of carboxylic acid groups (broad SMARTS) is 1. The van der Waals surface area contributed by atoms with E-state index in [1.807, 2.05) is 12.1 Å². The first kappa shape index (κ1) is 23.1. The minimum atomic E-state index is -2.50. The molecule has 3 rings (SSSR count). The van der Waals surface area contributed by atoms with Crippen molar-refractivity contribution in [1.82, 2.24) is 14.9 Å². The number of likely N-dealkylation sites (tertiary alicyclic amines) is 1. The van der Waals surface area contributed by atoms with E-state index >= 15 is 0 Å². The zero-order valence-electron chi connectivity index (χ0n) is 17.9. The van der Waals surface area contributed by atoms with Gasteiger partial charge in [0, 0.05) is 45.2 Å². The van der Waals surface area contributed by atoms with E-state index in [9.17, 15) is 13.6 Å². The summed E-state index contributed by atoms with van der Waals surface area (Å²) in [6.07, 6.45) is 6.21. The molecule has 2 aromatic heterocycles. The maximum absolute atomic E-state index is 13.3. The van der Waals surface area contributed by atoms with Crippen molar-refractivity contribution < 1.29 is 18.7 Å². The second-order valence-corrected chi connectivity index (χ2v) is 8.03. The largest absolute Gasteiger partial charge is 0.478 e. The van der Waals surface area contributed by atoms with E-state index in [1.165, 1.54) is 18.3 Å². The Balaban J connectivity index is 1.61. The van der Waals surface area contributed by atoms with Gasteiger partial charge in [0.2, 0.25) is 0 Å². The monoisotopic (exact) mass is 432 g/mol. The van der Waals surface area contributed by atoms with Gasteiger partial charge in [0.1, 0.15) is 0 Å². The van der Waals surface area contributed by atoms with Gasteiger partial charge in [-0.05, 0) is 43.7 Å². The number of alkyl halides is 2. The molecule has 31 heavy (non-hydrogen) atoms. The minimum absolute atomic E-state index is 0.0466. The summed E-state index contributed by atoms with van der Waals surface area (Å²) in [5.41, 5.74) is 2.32. The lowest BCUT2D eigenvalue weighted by Crippen LogP contribution is -2.40. The summed E-state index contributed by atoms with van der Waals surface area (Å²) in [5, 5.41) is 9.16. The highest BCUT2D eigenvalue weighted by atomic mass is 19.3. The third-order valence-electron chi connectivity index (χ3n) is 5.65. The number of carbonyl (C=O) groups is 1. The molecule has 0 aliphatic carbocycles. The van der Waals surface area contributed by atoms with E-state index in [2.05, 4.69) is 26.7 Å². The van der Waals surface area contributed by atoms with Gasteiger partial charge in [0.05, 0.1) is 28.8 Å². The Morgan fingerprint density at radius 2 is 1.87 bits per heavy atom. The molecule has 0 amide bonds. The van der Waals surface area contributed by atoms with Crippen LogP contribution in [0.2, 0.25) is 0 Å². The summed E-state index contributed by atoms with van der Waals surface area (Å²) in [5.74, 6) is -3.50. The number of hydrogen-bond donors (Lipinski definition) is 1. The van der Waals surface area contributed by atoms with Crippen molar-refractivity contribution >= 4 is 11.7 Å². The van der Waals surface area contributed by atoms with Gasteiger partial charge in [-0.2, -0.15) is 0 Å². The van der Waals surface area contributed by atoms with Crippen molar-refractivity contribution in [2.75, 3.05) is 37.6 Å². The first-order chi connectivity index (χ1) is 14.9. The summed E-state index contributed by atoms with van der Waals surface area (Å²) in [4.78, 5) is 24.3. The highest BCUT2D eigenvalue weighted by molar-refractivity contribution is 5.88. The van der Waals surface area contributed by atoms with Crippen molar-refractivity contribution in [3.8, 4) is 11.4 Å². The molecular formula is C23H30F2N4O2. The predicted molar refractivity (Wildman–Crippen MR) is 117 cm³/mol. The molecule has 0 unspecified atom stereocenters. The lowest BCUT2D eigenvalue weighted by molar-refractivity contribution is -0.0550. The number of pyridine rings is 2. The number of rotatable bonds is 10. The highest BCUT2D eigenvalue weighted by Gasteiger charge is 2.33. The molecule has 3 heterocycles. The normalized spacial score (nSPS) is 16.2. The average Bonchev–Trinajstić information content (AvgIpc) is 2.77. The van der Waals surface area contributed by atoms with E-state index in [-0.39, 0.29) is 18.4 Å². The molecule has 0 bridgehead atoms. The lowest BCUT2D eigenvalue weighted by Gasteiger charge is -2.32. The molecule has 1 aliphatic heterocycles. The molecule has 0 radical (unpaired) electrons. The average molecular weight is 433 g/mol. The van der Waals surface area contributed by atoms with Crippen LogP contribution in [0, 0.1) is 0 Å². The Hall–Kier alpha value is -2.61. The van der Waals surface area contributed by atoms with Crippen LogP contribution in [-0.4, -0.2) is 64.6 Å². The minimum Gasteiger partial charge on any atom is -0.478 e. The van der Waals surface area contributed by atoms with Crippen LogP contribution in [0.25, 0.3) is 11.4 Å². The topological polar surface area (TPSA) is 69.6 Å². The zero-order valence-corrected chi connectivity index (χ0v) is 17.9. The van der Waals surface area contributed by atoms with E-state index in [0.717, 1.165) is 44.6 Å². The number of anilines is 1. The van der Waals surface area contributed by atoms with Crippen LogP contribution in [0.5, 0.6) is 0 Å². The summed E-state index contributed by atoms with van der Waals surface area (Å²) >= 11 is 0. The molecule has 1 saturated heterocycles. The summed E-state index contributed by atoms with van der Waals surface area (Å²) in [6, 6.07) is 6.81. The first-order valence-electron chi connectivity index (χ1n) is 10.9. The quantitative estimate of drug-likeness (QED) is 0.593. The van der Waals surface area contributed by atoms with Gasteiger partial charge in [-0.15, -0.1) is 0 Å². The molecule has 0 aromatic carbocycles. The van der Waals surface area contributed by atoms with Crippen LogP contribution in [0.3, 0.4) is 0 Å². The molecule has 168 valence electrons. The number of aromatic carboxylic acids is 1. The molecule has 2 aromatic rings. The molecule has 1 fully saturated rings. The van der Waals surface area contributed by atoms with E-state index < -0.39 is 11.9 Å². The summed E-state index contributed by atoms with van der Waals surface area (Å²) in [6.45, 7) is 5.62. The second kappa shape index (κ2) is 10.6. The van der Waals surface area contributed by atoms with Gasteiger partial charge in [0.25, 0.3) is 5.92 Å². The number of nitrogens with zero attached hydrogens (tertiary/aromatic N) is 4. The van der Waals surface area contributed by atoms with Gasteiger partial charge in [0.15, 0.2) is 0 Å². The van der Waals surface area contributed by atoms with E-state index in [4.69, 9.17) is 5.11 Å². The fraction of sp³-hybridized carbons (Fsp3) is 0.522. The van der Waals surface area contributed by atoms with E-state index in [1.54, 1.807) is 6.20 Å². The smallest absolute Gasteiger partial charge is 0.335 e. The Labute approximate surface area is 181 Å². The van der Waals surface area contributed by atoms with Crippen LogP contribution in [0.1, 0.15) is 49.4 Å². The molecule has 8 heteroatoms. The maximum atomic E-state index is 13.3. The molecular weight excluding hydrogens is 402 g/mol. The van der Waals surface area contributed by atoms with Crippen molar-refractivity contribution in [1.29, 1.82) is 0 Å². The van der Waals surface area contributed by atoms with Crippen LogP contribution in [-0.2, 0) is 0 Å². The summed E-state index contributed by atoms with van der Waals surface area (Å²) in [7, 11) is 0. The maximum Gasteiger partial charge on any atom is 0.335 e. The van der Waals surface area contributed by atoms with Gasteiger partial charge in [-0.3, -0.25) is 9.97 Å². The fourth-order valence-electron chi connectivity index (χ4n) is 3.74. The number of hydrogen-bond acceptors (Lipinski definition) is 5. The SMILES string of the molecule is CCCCN(CCCN1CCC(F)(F)CC1)c1ccc(-c2cc(C(=O)O)ccn2)nc1. The second-order valence-electron chi connectivity index (χ2n) is 8.03. The number of aromatic nitrogens is 2. The van der Waals surface area contributed by atoms with Crippen molar-refractivity contribution in [3.63, 3.8) is 0 Å². The van der Waals surface area contributed by atoms with Crippen LogP contribution >= 0.6 is 0 Å². The van der Waals surface area contributed by atoms with Crippen LogP contribution in [0.15, 0.2) is 36.7 Å². The van der Waals surface area contributed by atoms with Gasteiger partial charge < -0.3 is 14.9 Å². The first-order valence-corrected chi connectivity index (χ1v) is 10.9. The number of halogens is 2. The van der Waals surface area contributed by atoms with Crippen molar-refractivity contribution in [3.05, 3.63) is 42.2 Å². The number of piperidine rings is 1. The van der Waals surface area contributed by atoms with Gasteiger partial charge >= 0.3 is 5.97 Å². The molecule has 0 saturated carbocycles. The Morgan fingerprint density at radius 3 is 2.52 bits per heavy atom. The number of unbranched alkanes of at least 4 members (excludes halogenated alkanes) is 1. The fourth-order valence-corrected chi connectivity index (χ4v) is 3.74. The third-order valence-corrected chi connectivity index (χ3v) is 5.65. The molecule has 0 atom stereocenters. The van der Waals surface area contributed by atoms with E-state index in [0.29, 0.717) is 24.5 Å². The molecule has 0 spiro atoms. The highest BCUT2D eigenvalue weighted by Crippen LogP contribution is 2.27. The third kappa shape index (κ3) is 6.69. The Kier molecular flexibility index (Phi) is 7.90. The number of carboxylic acids is 1. The van der Waals surface area contributed by atoms with Crippen molar-refractivity contribution in [2.45, 2.75) is 45.0 Å². The Bertz CT molecular complexity index is 851. The van der Waals surface area contributed by atoms with Gasteiger partial charge in [-0.25, -0.2) is 13.6 Å². The standard InChI is InChI=1S/C23H30F2N4O2/c1-2-3-12-29(13-4-11-28-14-8-23(24,25)9-15-28)19-5-6-20(27-17-19)21-16-18(22(30)31)7-10-26-21/h5-7,10,16-17H,2-4,8-9,11-15H2,1H3,(H,30,31). The molecule has 1 aliphatic rings. The van der Waals surface area contributed by atoms with Crippen molar-refractivity contribution in [2.24, 2.45) is 0 Å². The Morgan fingerprint density at radius 1 is 1.13 bits per heavy atom.